The number of rotatable bonds is 7. The minimum absolute atomic E-state index is 0.163. The molecular formula is C20H25N5O2. The lowest BCUT2D eigenvalue weighted by atomic mass is 10.0. The SMILES string of the molecule is C=N/C=C\C=C(/C)c1ccc2[nH]nc(C(=O)NCCN3CCOCC3)c2c1. The molecule has 142 valence electrons. The van der Waals surface area contributed by atoms with Crippen molar-refractivity contribution < 1.29 is 9.53 Å². The first-order valence-electron chi connectivity index (χ1n) is 9.05. The molecule has 1 amide bonds. The van der Waals surface area contributed by atoms with E-state index in [-0.39, 0.29) is 5.91 Å². The molecule has 3 rings (SSSR count). The molecule has 1 aromatic carbocycles. The molecule has 2 N–H and O–H groups in total. The van der Waals surface area contributed by atoms with Gasteiger partial charge in [-0.05, 0) is 43.0 Å². The molecule has 2 heterocycles. The number of benzene rings is 1. The lowest BCUT2D eigenvalue weighted by Crippen LogP contribution is -2.41. The van der Waals surface area contributed by atoms with Crippen molar-refractivity contribution in [2.24, 2.45) is 4.99 Å². The van der Waals surface area contributed by atoms with Gasteiger partial charge in [-0.1, -0.05) is 12.1 Å². The predicted molar refractivity (Wildman–Crippen MR) is 108 cm³/mol. The number of aromatic amines is 1. The molecular weight excluding hydrogens is 342 g/mol. The number of allylic oxidation sites excluding steroid dienone is 3. The molecule has 7 heteroatoms. The number of morpholine rings is 1. The summed E-state index contributed by atoms with van der Waals surface area (Å²) in [4.78, 5) is 18.5. The van der Waals surface area contributed by atoms with Gasteiger partial charge in [0, 0.05) is 37.8 Å². The zero-order chi connectivity index (χ0) is 19.1. The molecule has 1 saturated heterocycles. The van der Waals surface area contributed by atoms with Crippen LogP contribution in [-0.4, -0.2) is 67.1 Å². The smallest absolute Gasteiger partial charge is 0.272 e. The number of carbonyl (C=O) groups is 1. The van der Waals surface area contributed by atoms with Gasteiger partial charge in [0.25, 0.3) is 5.91 Å². The Morgan fingerprint density at radius 3 is 3.04 bits per heavy atom. The van der Waals surface area contributed by atoms with E-state index in [4.69, 9.17) is 4.74 Å². The van der Waals surface area contributed by atoms with E-state index in [2.05, 4.69) is 32.1 Å². The van der Waals surface area contributed by atoms with Gasteiger partial charge in [-0.15, -0.1) is 0 Å². The highest BCUT2D eigenvalue weighted by molar-refractivity contribution is 6.05. The molecule has 27 heavy (non-hydrogen) atoms. The van der Waals surface area contributed by atoms with Crippen molar-refractivity contribution in [2.75, 3.05) is 39.4 Å². The molecule has 1 fully saturated rings. The highest BCUT2D eigenvalue weighted by Crippen LogP contribution is 2.22. The van der Waals surface area contributed by atoms with Crippen molar-refractivity contribution in [3.63, 3.8) is 0 Å². The van der Waals surface area contributed by atoms with Crippen LogP contribution in [-0.2, 0) is 4.74 Å². The van der Waals surface area contributed by atoms with Gasteiger partial charge in [-0.3, -0.25) is 19.8 Å². The summed E-state index contributed by atoms with van der Waals surface area (Å²) in [5.41, 5.74) is 3.36. The quantitative estimate of drug-likeness (QED) is 0.581. The van der Waals surface area contributed by atoms with Gasteiger partial charge >= 0.3 is 0 Å². The summed E-state index contributed by atoms with van der Waals surface area (Å²) in [6.07, 6.45) is 5.42. The fourth-order valence-electron chi connectivity index (χ4n) is 3.01. The zero-order valence-corrected chi connectivity index (χ0v) is 15.6. The van der Waals surface area contributed by atoms with E-state index in [0.29, 0.717) is 12.2 Å². The van der Waals surface area contributed by atoms with Crippen LogP contribution in [0.25, 0.3) is 16.5 Å². The Bertz CT molecular complexity index is 862. The monoisotopic (exact) mass is 367 g/mol. The topological polar surface area (TPSA) is 82.6 Å². The molecule has 0 unspecified atom stereocenters. The molecule has 1 aromatic heterocycles. The minimum atomic E-state index is -0.163. The van der Waals surface area contributed by atoms with E-state index in [1.165, 1.54) is 0 Å². The fourth-order valence-corrected chi connectivity index (χ4v) is 3.01. The molecule has 1 aliphatic heterocycles. The van der Waals surface area contributed by atoms with Gasteiger partial charge in [0.05, 0.1) is 18.7 Å². The Balaban J connectivity index is 1.69. The van der Waals surface area contributed by atoms with Crippen LogP contribution in [0, 0.1) is 0 Å². The summed E-state index contributed by atoms with van der Waals surface area (Å²) in [5, 5.41) is 10.9. The van der Waals surface area contributed by atoms with Crippen LogP contribution >= 0.6 is 0 Å². The van der Waals surface area contributed by atoms with Crippen molar-refractivity contribution in [3.8, 4) is 0 Å². The van der Waals surface area contributed by atoms with Crippen molar-refractivity contribution >= 4 is 29.1 Å². The van der Waals surface area contributed by atoms with Crippen LogP contribution < -0.4 is 5.32 Å². The van der Waals surface area contributed by atoms with Gasteiger partial charge in [-0.2, -0.15) is 5.10 Å². The average molecular weight is 367 g/mol. The lowest BCUT2D eigenvalue weighted by Gasteiger charge is -2.26. The van der Waals surface area contributed by atoms with E-state index in [0.717, 1.165) is 54.9 Å². The number of aliphatic imine (C=N–C) groups is 1. The molecule has 0 aliphatic carbocycles. The van der Waals surface area contributed by atoms with Gasteiger partial charge < -0.3 is 10.1 Å². The van der Waals surface area contributed by atoms with Gasteiger partial charge in [-0.25, -0.2) is 0 Å². The van der Waals surface area contributed by atoms with Crippen molar-refractivity contribution in [2.45, 2.75) is 6.92 Å². The summed E-state index contributed by atoms with van der Waals surface area (Å²) < 4.78 is 5.34. The van der Waals surface area contributed by atoms with Crippen LogP contribution in [0.3, 0.4) is 0 Å². The maximum Gasteiger partial charge on any atom is 0.272 e. The van der Waals surface area contributed by atoms with Crippen LogP contribution in [0.15, 0.2) is 41.5 Å². The summed E-state index contributed by atoms with van der Waals surface area (Å²) >= 11 is 0. The van der Waals surface area contributed by atoms with Crippen LogP contribution in [0.2, 0.25) is 0 Å². The maximum absolute atomic E-state index is 12.6. The average Bonchev–Trinajstić information content (AvgIpc) is 3.12. The second-order valence-corrected chi connectivity index (χ2v) is 6.42. The van der Waals surface area contributed by atoms with Gasteiger partial charge in [0.15, 0.2) is 5.69 Å². The Labute approximate surface area is 158 Å². The van der Waals surface area contributed by atoms with Gasteiger partial charge in [0.2, 0.25) is 0 Å². The van der Waals surface area contributed by atoms with Crippen molar-refractivity contribution in [1.29, 1.82) is 0 Å². The van der Waals surface area contributed by atoms with Crippen LogP contribution in [0.5, 0.6) is 0 Å². The predicted octanol–water partition coefficient (Wildman–Crippen LogP) is 2.24. The third-order valence-electron chi connectivity index (χ3n) is 4.59. The van der Waals surface area contributed by atoms with E-state index in [1.54, 1.807) is 6.20 Å². The van der Waals surface area contributed by atoms with Crippen LogP contribution in [0.1, 0.15) is 23.0 Å². The highest BCUT2D eigenvalue weighted by Gasteiger charge is 2.15. The molecule has 0 radical (unpaired) electrons. The zero-order valence-electron chi connectivity index (χ0n) is 15.6. The van der Waals surface area contributed by atoms with E-state index >= 15 is 0 Å². The summed E-state index contributed by atoms with van der Waals surface area (Å²) in [6, 6.07) is 5.92. The van der Waals surface area contributed by atoms with Crippen molar-refractivity contribution in [3.05, 3.63) is 47.8 Å². The number of nitrogens with zero attached hydrogens (tertiary/aromatic N) is 3. The Hall–Kier alpha value is -2.77. The second-order valence-electron chi connectivity index (χ2n) is 6.42. The Morgan fingerprint density at radius 2 is 2.26 bits per heavy atom. The molecule has 1 aliphatic rings. The first-order chi connectivity index (χ1) is 13.2. The standard InChI is InChI=1S/C20H25N5O2/c1-15(4-3-7-21-2)16-5-6-18-17(14-16)19(24-23-18)20(26)22-8-9-25-10-12-27-13-11-25/h3-7,14H,2,8-13H2,1H3,(H,22,26)(H,23,24)/b7-3-,15-4+. The van der Waals surface area contributed by atoms with Gasteiger partial charge in [0.1, 0.15) is 0 Å². The second kappa shape index (κ2) is 9.25. The van der Waals surface area contributed by atoms with E-state index < -0.39 is 0 Å². The normalized spacial score (nSPS) is 16.1. The number of hydrogen-bond acceptors (Lipinski definition) is 5. The van der Waals surface area contributed by atoms with E-state index in [9.17, 15) is 4.79 Å². The number of fused-ring (bicyclic) bond motifs is 1. The maximum atomic E-state index is 12.6. The number of hydrogen-bond donors (Lipinski definition) is 2. The largest absolute Gasteiger partial charge is 0.379 e. The number of aromatic nitrogens is 2. The number of H-pyrrole nitrogens is 1. The molecule has 0 atom stereocenters. The summed E-state index contributed by atoms with van der Waals surface area (Å²) in [5.74, 6) is -0.163. The Morgan fingerprint density at radius 1 is 1.44 bits per heavy atom. The highest BCUT2D eigenvalue weighted by atomic mass is 16.5. The summed E-state index contributed by atoms with van der Waals surface area (Å²) in [6.45, 7) is 10.2. The first-order valence-corrected chi connectivity index (χ1v) is 9.05. The number of carbonyl (C=O) groups excluding carboxylic acids is 1. The molecule has 7 nitrogen and oxygen atoms in total. The molecule has 0 spiro atoms. The Kier molecular flexibility index (Phi) is 6.51. The number of nitrogens with one attached hydrogen (secondary N) is 2. The fraction of sp³-hybridized carbons (Fsp3) is 0.350. The van der Waals surface area contributed by atoms with Crippen molar-refractivity contribution in [1.82, 2.24) is 20.4 Å². The number of ether oxygens (including phenoxy) is 1. The molecule has 0 saturated carbocycles. The molecule has 0 bridgehead atoms. The lowest BCUT2D eigenvalue weighted by molar-refractivity contribution is 0.0383. The van der Waals surface area contributed by atoms with E-state index in [1.807, 2.05) is 37.3 Å². The minimum Gasteiger partial charge on any atom is -0.379 e. The first kappa shape index (κ1) is 19.0. The third kappa shape index (κ3) is 4.90. The third-order valence-corrected chi connectivity index (χ3v) is 4.59. The van der Waals surface area contributed by atoms with Crippen LogP contribution in [0.4, 0.5) is 0 Å². The number of amides is 1. The summed E-state index contributed by atoms with van der Waals surface area (Å²) in [7, 11) is 0. The molecule has 2 aromatic rings.